The molecule has 3 atom stereocenters. The van der Waals surface area contributed by atoms with Gasteiger partial charge in [-0.1, -0.05) is 6.07 Å². The van der Waals surface area contributed by atoms with Crippen molar-refractivity contribution < 1.29 is 39.9 Å². The molecule has 36 heavy (non-hydrogen) atoms. The molecule has 2 fully saturated rings. The van der Waals surface area contributed by atoms with Crippen LogP contribution in [0.4, 0.5) is 22.0 Å². The molecule has 1 amide bonds. The smallest absolute Gasteiger partial charge is 0.381 e. The van der Waals surface area contributed by atoms with Crippen molar-refractivity contribution in [2.45, 2.75) is 53.6 Å². The maximum absolute atomic E-state index is 14.2. The molecular formula is C24H21F5N2O4S. The quantitative estimate of drug-likeness (QED) is 0.561. The molecule has 0 spiro atoms. The predicted molar refractivity (Wildman–Crippen MR) is 117 cm³/mol. The number of amides is 1. The summed E-state index contributed by atoms with van der Waals surface area (Å²) >= 11 is 0. The first-order valence-electron chi connectivity index (χ1n) is 11.0. The van der Waals surface area contributed by atoms with E-state index in [1.165, 1.54) is 7.11 Å². The van der Waals surface area contributed by atoms with Crippen LogP contribution < -0.4 is 5.32 Å². The summed E-state index contributed by atoms with van der Waals surface area (Å²) in [6.45, 7) is 0. The van der Waals surface area contributed by atoms with Crippen molar-refractivity contribution in [3.63, 3.8) is 0 Å². The zero-order chi connectivity index (χ0) is 26.5. The second-order valence-corrected chi connectivity index (χ2v) is 11.2. The lowest BCUT2D eigenvalue weighted by atomic mass is 10.0. The van der Waals surface area contributed by atoms with E-state index in [0.717, 1.165) is 24.3 Å². The standard InChI is InChI=1S/C24H21F5N2O4S/c1-35-20-11-15(10-17(20)22(32)31-23(12-30)6-7-23)36(33,34)21-5-2-13(8-18(21)24(27,28)29)16-4-3-14(25)9-19(16)26/h2-5,8-9,15,17,20H,6-7,10-11H2,1H3,(H,31,32)/t15-,17-,20-/m1/s1. The van der Waals surface area contributed by atoms with Crippen molar-refractivity contribution in [3.8, 4) is 17.2 Å². The average molecular weight is 528 g/mol. The van der Waals surface area contributed by atoms with Crippen LogP contribution in [-0.4, -0.2) is 38.3 Å². The molecule has 6 nitrogen and oxygen atoms in total. The van der Waals surface area contributed by atoms with Crippen LogP contribution in [0.15, 0.2) is 41.3 Å². The third-order valence-electron chi connectivity index (χ3n) is 6.70. The highest BCUT2D eigenvalue weighted by Crippen LogP contribution is 2.43. The average Bonchev–Trinajstić information content (AvgIpc) is 3.43. The number of carbonyl (C=O) groups is 1. The summed E-state index contributed by atoms with van der Waals surface area (Å²) in [4.78, 5) is 11.7. The van der Waals surface area contributed by atoms with Crippen molar-refractivity contribution in [1.82, 2.24) is 5.32 Å². The fraction of sp³-hybridized carbons (Fsp3) is 0.417. The summed E-state index contributed by atoms with van der Waals surface area (Å²) in [6, 6.07) is 6.64. The highest BCUT2D eigenvalue weighted by molar-refractivity contribution is 7.92. The monoisotopic (exact) mass is 528 g/mol. The number of nitrogens with one attached hydrogen (secondary N) is 1. The van der Waals surface area contributed by atoms with Crippen LogP contribution in [0.5, 0.6) is 0 Å². The van der Waals surface area contributed by atoms with Crippen molar-refractivity contribution >= 4 is 15.7 Å². The summed E-state index contributed by atoms with van der Waals surface area (Å²) in [7, 11) is -3.34. The number of sulfone groups is 1. The Bertz CT molecular complexity index is 1350. The molecule has 2 aromatic carbocycles. The van der Waals surface area contributed by atoms with Gasteiger partial charge in [0.25, 0.3) is 0 Å². The predicted octanol–water partition coefficient (Wildman–Crippen LogP) is 4.39. The minimum atomic E-state index is -5.10. The second-order valence-electron chi connectivity index (χ2n) is 9.04. The maximum Gasteiger partial charge on any atom is 0.417 e. The molecule has 2 aliphatic rings. The van der Waals surface area contributed by atoms with Crippen molar-refractivity contribution in [1.29, 1.82) is 5.26 Å². The normalized spacial score (nSPS) is 23.2. The van der Waals surface area contributed by atoms with E-state index in [1.54, 1.807) is 0 Å². The first-order valence-corrected chi connectivity index (χ1v) is 12.5. The summed E-state index contributed by atoms with van der Waals surface area (Å²) < 4.78 is 101. The van der Waals surface area contributed by atoms with Crippen LogP contribution in [0.1, 0.15) is 31.2 Å². The number of rotatable bonds is 6. The molecular weight excluding hydrogens is 507 g/mol. The van der Waals surface area contributed by atoms with E-state index in [-0.39, 0.29) is 24.0 Å². The maximum atomic E-state index is 14.2. The van der Waals surface area contributed by atoms with Crippen LogP contribution in [-0.2, 0) is 25.5 Å². The molecule has 0 saturated heterocycles. The molecule has 4 rings (SSSR count). The minimum Gasteiger partial charge on any atom is -0.381 e. The van der Waals surface area contributed by atoms with E-state index in [4.69, 9.17) is 4.74 Å². The Morgan fingerprint density at radius 1 is 1.14 bits per heavy atom. The fourth-order valence-electron chi connectivity index (χ4n) is 4.53. The number of carbonyl (C=O) groups excluding carboxylic acids is 1. The van der Waals surface area contributed by atoms with Gasteiger partial charge in [0.2, 0.25) is 5.91 Å². The van der Waals surface area contributed by atoms with Crippen LogP contribution in [0.3, 0.4) is 0 Å². The number of nitrogens with zero attached hydrogens (tertiary/aromatic N) is 1. The Labute approximate surface area is 204 Å². The number of methoxy groups -OCH3 is 1. The Morgan fingerprint density at radius 2 is 1.83 bits per heavy atom. The van der Waals surface area contributed by atoms with Crippen LogP contribution >= 0.6 is 0 Å². The molecule has 2 aromatic rings. The lowest BCUT2D eigenvalue weighted by molar-refractivity contribution is -0.139. The summed E-state index contributed by atoms with van der Waals surface area (Å²) in [6.07, 6.45) is -5.58. The minimum absolute atomic E-state index is 0.220. The van der Waals surface area contributed by atoms with E-state index in [2.05, 4.69) is 5.32 Å². The van der Waals surface area contributed by atoms with Crippen LogP contribution in [0.25, 0.3) is 11.1 Å². The Morgan fingerprint density at radius 3 is 2.39 bits per heavy atom. The highest BCUT2D eigenvalue weighted by atomic mass is 32.2. The Hall–Kier alpha value is -3.04. The number of benzene rings is 2. The SMILES string of the molecule is CO[C@@H]1C[C@H](S(=O)(=O)c2ccc(-c3ccc(F)cc3F)cc2C(F)(F)F)C[C@H]1C(=O)NC1(C#N)CC1. The number of alkyl halides is 3. The van der Waals surface area contributed by atoms with Gasteiger partial charge < -0.3 is 10.1 Å². The molecule has 2 aliphatic carbocycles. The zero-order valence-corrected chi connectivity index (χ0v) is 19.7. The first kappa shape index (κ1) is 26.0. The van der Waals surface area contributed by atoms with Gasteiger partial charge in [-0.15, -0.1) is 0 Å². The molecule has 0 aromatic heterocycles. The van der Waals surface area contributed by atoms with Gasteiger partial charge >= 0.3 is 6.18 Å². The van der Waals surface area contributed by atoms with Gasteiger partial charge in [0.05, 0.1) is 33.8 Å². The van der Waals surface area contributed by atoms with E-state index >= 15 is 0 Å². The Balaban J connectivity index is 1.68. The number of hydrogen-bond donors (Lipinski definition) is 1. The van der Waals surface area contributed by atoms with Crippen molar-refractivity contribution in [2.24, 2.45) is 5.92 Å². The molecule has 0 bridgehead atoms. The molecule has 0 unspecified atom stereocenters. The molecule has 0 radical (unpaired) electrons. The Kier molecular flexibility index (Phi) is 6.59. The van der Waals surface area contributed by atoms with Gasteiger partial charge in [-0.3, -0.25) is 4.79 Å². The van der Waals surface area contributed by atoms with E-state index in [0.29, 0.717) is 25.0 Å². The molecule has 0 heterocycles. The second kappa shape index (κ2) is 9.12. The summed E-state index contributed by atoms with van der Waals surface area (Å²) in [5.74, 6) is -3.57. The van der Waals surface area contributed by atoms with E-state index in [9.17, 15) is 40.4 Å². The number of halogens is 5. The molecule has 0 aliphatic heterocycles. The van der Waals surface area contributed by atoms with Crippen molar-refractivity contribution in [3.05, 3.63) is 53.6 Å². The molecule has 2 saturated carbocycles. The van der Waals surface area contributed by atoms with Crippen LogP contribution in [0.2, 0.25) is 0 Å². The van der Waals surface area contributed by atoms with Gasteiger partial charge in [-0.05, 0) is 55.5 Å². The molecule has 12 heteroatoms. The zero-order valence-electron chi connectivity index (χ0n) is 18.9. The molecule has 192 valence electrons. The first-order chi connectivity index (χ1) is 16.8. The number of hydrogen-bond acceptors (Lipinski definition) is 5. The van der Waals surface area contributed by atoms with Gasteiger partial charge in [0, 0.05) is 18.7 Å². The van der Waals surface area contributed by atoms with E-state index in [1.807, 2.05) is 6.07 Å². The lowest BCUT2D eigenvalue weighted by Gasteiger charge is -2.19. The van der Waals surface area contributed by atoms with Gasteiger partial charge in [-0.2, -0.15) is 18.4 Å². The fourth-order valence-corrected chi connectivity index (χ4v) is 6.53. The largest absolute Gasteiger partial charge is 0.417 e. The topological polar surface area (TPSA) is 96.3 Å². The highest BCUT2D eigenvalue weighted by Gasteiger charge is 2.51. The van der Waals surface area contributed by atoms with Gasteiger partial charge in [0.1, 0.15) is 17.2 Å². The number of nitriles is 1. The third kappa shape index (κ3) is 4.82. The third-order valence-corrected chi connectivity index (χ3v) is 8.93. The van der Waals surface area contributed by atoms with Crippen molar-refractivity contribution in [2.75, 3.05) is 7.11 Å². The lowest BCUT2D eigenvalue weighted by Crippen LogP contribution is -2.42. The summed E-state index contributed by atoms with van der Waals surface area (Å²) in [5, 5.41) is 10.4. The summed E-state index contributed by atoms with van der Waals surface area (Å²) in [5.41, 5.74) is -3.09. The van der Waals surface area contributed by atoms with Crippen LogP contribution in [0, 0.1) is 28.9 Å². The number of ether oxygens (including phenoxy) is 1. The van der Waals surface area contributed by atoms with Gasteiger partial charge in [-0.25, -0.2) is 17.2 Å². The van der Waals surface area contributed by atoms with E-state index < -0.39 is 66.8 Å². The molecule has 1 N–H and O–H groups in total. The van der Waals surface area contributed by atoms with Gasteiger partial charge in [0.15, 0.2) is 9.84 Å².